The Balaban J connectivity index is -0.000000141. The molecule has 0 aliphatic rings. The molecule has 10 heteroatoms. The van der Waals surface area contributed by atoms with Gasteiger partial charge in [0.2, 0.25) is 0 Å². The zero-order valence-corrected chi connectivity index (χ0v) is 12.8. The van der Waals surface area contributed by atoms with Gasteiger partial charge in [0.25, 0.3) is 0 Å². The van der Waals surface area contributed by atoms with E-state index in [2.05, 4.69) is 0 Å². The smallest absolute Gasteiger partial charge is 1.00 e. The number of rotatable bonds is 5. The van der Waals surface area contributed by atoms with Crippen LogP contribution in [-0.2, 0) is 9.59 Å². The summed E-state index contributed by atoms with van der Waals surface area (Å²) >= 11 is 0. The van der Waals surface area contributed by atoms with Crippen LogP contribution in [-0.4, -0.2) is 67.0 Å². The summed E-state index contributed by atoms with van der Waals surface area (Å²) in [5.41, 5.74) is 0. The van der Waals surface area contributed by atoms with E-state index in [-0.39, 0.29) is 62.0 Å². The van der Waals surface area contributed by atoms with Gasteiger partial charge in [-0.15, -0.1) is 0 Å². The number of hydrogen-bond donors (Lipinski definition) is 6. The van der Waals surface area contributed by atoms with Crippen LogP contribution in [0.4, 0.5) is 0 Å². The van der Waals surface area contributed by atoms with Crippen LogP contribution in [0.1, 0.15) is 2.85 Å². The molecule has 0 bridgehead atoms. The summed E-state index contributed by atoms with van der Waals surface area (Å²) in [6, 6.07) is 0. The summed E-state index contributed by atoms with van der Waals surface area (Å²) < 4.78 is 0. The summed E-state index contributed by atoms with van der Waals surface area (Å²) in [6.07, 6.45) is -9.28. The van der Waals surface area contributed by atoms with Gasteiger partial charge in [0.05, 0.1) is 0 Å². The summed E-state index contributed by atoms with van der Waals surface area (Å²) in [7, 11) is 0. The Morgan fingerprint density at radius 2 is 0.938 bits per heavy atom. The second-order valence-corrected chi connectivity index (χ2v) is 2.55. The average Bonchev–Trinajstić information content (AvgIpc) is 2.12. The number of carbonyl (C=O) groups is 2. The van der Waals surface area contributed by atoms with E-state index in [9.17, 15) is 9.59 Å². The minimum absolute atomic E-state index is 0. The third kappa shape index (κ3) is 6.50. The van der Waals surface area contributed by atoms with Crippen LogP contribution in [0.5, 0.6) is 0 Å². The summed E-state index contributed by atoms with van der Waals surface area (Å²) in [6.45, 7) is 0. The van der Waals surface area contributed by atoms with E-state index in [4.69, 9.17) is 30.6 Å². The number of carboxylic acids is 2. The predicted molar refractivity (Wildman–Crippen MR) is 41.5 cm³/mol. The van der Waals surface area contributed by atoms with Crippen LogP contribution in [0.3, 0.4) is 0 Å². The van der Waals surface area contributed by atoms with Gasteiger partial charge in [-0.2, -0.15) is 0 Å². The van der Waals surface area contributed by atoms with E-state index >= 15 is 0 Å². The average molecular weight is 258 g/mol. The molecule has 16 heavy (non-hydrogen) atoms. The molecule has 0 aromatic carbocycles. The van der Waals surface area contributed by atoms with Gasteiger partial charge in [-0.25, -0.2) is 9.59 Å². The van der Waals surface area contributed by atoms with E-state index in [0.29, 0.717) is 0 Å². The van der Waals surface area contributed by atoms with Crippen LogP contribution in [0, 0.1) is 0 Å². The third-order valence-corrected chi connectivity index (χ3v) is 1.50. The van der Waals surface area contributed by atoms with Crippen molar-refractivity contribution in [2.45, 2.75) is 24.4 Å². The Morgan fingerprint density at radius 3 is 1.06 bits per heavy atom. The fourth-order valence-electron chi connectivity index (χ4n) is 0.666. The van der Waals surface area contributed by atoms with E-state index < -0.39 is 36.4 Å². The van der Waals surface area contributed by atoms with Gasteiger partial charge >= 0.3 is 71.1 Å². The van der Waals surface area contributed by atoms with E-state index in [1.165, 1.54) is 0 Å². The minimum atomic E-state index is -2.36. The molecule has 0 spiro atoms. The number of hydrogen-bond acceptors (Lipinski definition) is 6. The molecule has 0 saturated heterocycles. The van der Waals surface area contributed by atoms with Gasteiger partial charge in [0.15, 0.2) is 12.2 Å². The van der Waals surface area contributed by atoms with Gasteiger partial charge in [0.1, 0.15) is 12.2 Å². The van der Waals surface area contributed by atoms with Crippen LogP contribution in [0.2, 0.25) is 0 Å². The maximum atomic E-state index is 10.1. The van der Waals surface area contributed by atoms with Gasteiger partial charge in [-0.1, -0.05) is 0 Å². The quantitative estimate of drug-likeness (QED) is 0.265. The normalized spacial score (nSPS) is 17.0. The standard InChI is InChI=1S/C6H10O8.2Na.2H/c7-1(3(9)5(11)12)2(8)4(10)6(13)14;;;;/h1-4,7-10H,(H,11,12)(H,13,14);;;;/q;2*+1;2*-1/t1-,2+,3+,4-;;;;. The van der Waals surface area contributed by atoms with Crippen molar-refractivity contribution in [3.05, 3.63) is 0 Å². The summed E-state index contributed by atoms with van der Waals surface area (Å²) in [5.74, 6) is -3.68. The van der Waals surface area contributed by atoms with Crippen LogP contribution >= 0.6 is 0 Å². The first-order valence-corrected chi connectivity index (χ1v) is 3.47. The van der Waals surface area contributed by atoms with Crippen molar-refractivity contribution in [2.24, 2.45) is 0 Å². The molecule has 0 aliphatic heterocycles. The SMILES string of the molecule is O=C(O)[C@@H](O)[C@H](O)[C@H](O)[C@@H](O)C(=O)O.[H-].[H-].[Na+].[Na+]. The van der Waals surface area contributed by atoms with Crippen LogP contribution in [0.25, 0.3) is 0 Å². The topological polar surface area (TPSA) is 156 Å². The maximum absolute atomic E-state index is 10.1. The second kappa shape index (κ2) is 9.77. The second-order valence-electron chi connectivity index (χ2n) is 2.55. The van der Waals surface area contributed by atoms with Crippen LogP contribution < -0.4 is 59.1 Å². The van der Waals surface area contributed by atoms with E-state index in [1.807, 2.05) is 0 Å². The largest absolute Gasteiger partial charge is 1.00 e. The fourth-order valence-corrected chi connectivity index (χ4v) is 0.666. The van der Waals surface area contributed by atoms with Gasteiger partial charge < -0.3 is 33.5 Å². The molecule has 0 aromatic rings. The molecule has 8 nitrogen and oxygen atoms in total. The molecule has 0 aromatic heterocycles. The first-order chi connectivity index (χ1) is 6.29. The molecule has 0 radical (unpaired) electrons. The number of aliphatic hydroxyl groups excluding tert-OH is 4. The maximum Gasteiger partial charge on any atom is 1.00 e. The minimum Gasteiger partial charge on any atom is -1.00 e. The van der Waals surface area contributed by atoms with Crippen molar-refractivity contribution in [1.29, 1.82) is 0 Å². The monoisotopic (exact) mass is 258 g/mol. The van der Waals surface area contributed by atoms with E-state index in [1.54, 1.807) is 0 Å². The van der Waals surface area contributed by atoms with Crippen molar-refractivity contribution in [2.75, 3.05) is 0 Å². The fraction of sp³-hybridized carbons (Fsp3) is 0.667. The molecule has 86 valence electrons. The van der Waals surface area contributed by atoms with Crippen molar-refractivity contribution in [1.82, 2.24) is 0 Å². The summed E-state index contributed by atoms with van der Waals surface area (Å²) in [4.78, 5) is 20.2. The Kier molecular flexibility index (Phi) is 13.4. The first kappa shape index (κ1) is 22.0. The van der Waals surface area contributed by atoms with Crippen molar-refractivity contribution >= 4 is 11.9 Å². The molecule has 0 unspecified atom stereocenters. The van der Waals surface area contributed by atoms with Crippen molar-refractivity contribution in [3.63, 3.8) is 0 Å². The molecular weight excluding hydrogens is 246 g/mol. The van der Waals surface area contributed by atoms with Crippen molar-refractivity contribution in [3.8, 4) is 0 Å². The number of carboxylic acid groups (broad SMARTS) is 2. The molecule has 0 aliphatic carbocycles. The predicted octanol–water partition coefficient (Wildman–Crippen LogP) is -9.17. The Morgan fingerprint density at radius 1 is 0.750 bits per heavy atom. The molecular formula is C6H12Na2O8. The molecule has 0 rings (SSSR count). The Labute approximate surface area is 137 Å². The van der Waals surface area contributed by atoms with Gasteiger partial charge in [-0.3, -0.25) is 0 Å². The first-order valence-electron chi connectivity index (χ1n) is 3.47. The Hall–Kier alpha value is 0.780. The molecule has 0 heterocycles. The molecule has 0 fully saturated rings. The van der Waals surface area contributed by atoms with Crippen LogP contribution in [0.15, 0.2) is 0 Å². The van der Waals surface area contributed by atoms with Gasteiger partial charge in [0, 0.05) is 0 Å². The third-order valence-electron chi connectivity index (χ3n) is 1.50. The molecule has 0 saturated carbocycles. The van der Waals surface area contributed by atoms with Gasteiger partial charge in [-0.05, 0) is 0 Å². The van der Waals surface area contributed by atoms with Crippen molar-refractivity contribution < 1.29 is 102 Å². The molecule has 4 atom stereocenters. The van der Waals surface area contributed by atoms with E-state index in [0.717, 1.165) is 0 Å². The zero-order valence-electron chi connectivity index (χ0n) is 10.8. The summed E-state index contributed by atoms with van der Waals surface area (Å²) in [5, 5.41) is 51.5. The zero-order chi connectivity index (χ0) is 11.5. The number of aliphatic carboxylic acids is 2. The Bertz CT molecular complexity index is 220. The molecule has 0 amide bonds. The molecule has 6 N–H and O–H groups in total. The number of aliphatic hydroxyl groups is 4.